The molecular weight excluding hydrogens is 234 g/mol. The molecule has 2 N–H and O–H groups in total. The van der Waals surface area contributed by atoms with Crippen LogP contribution in [0.1, 0.15) is 20.8 Å². The summed E-state index contributed by atoms with van der Waals surface area (Å²) in [5, 5.41) is 13.8. The normalized spacial score (nSPS) is 10.2. The van der Waals surface area contributed by atoms with Crippen molar-refractivity contribution >= 4 is 22.9 Å². The van der Waals surface area contributed by atoms with Gasteiger partial charge in [-0.1, -0.05) is 0 Å². The number of phenols is 1. The zero-order valence-electron chi connectivity index (χ0n) is 9.65. The number of carbonyl (C=O) groups excluding carboxylic acids is 1. The van der Waals surface area contributed by atoms with Crippen molar-refractivity contribution in [1.82, 2.24) is 0 Å². The van der Waals surface area contributed by atoms with Crippen molar-refractivity contribution in [2.75, 3.05) is 5.32 Å². The third kappa shape index (κ3) is 2.47. The molecule has 88 valence electrons. The van der Waals surface area contributed by atoms with E-state index in [1.165, 1.54) is 0 Å². The van der Waals surface area contributed by atoms with E-state index in [1.807, 2.05) is 19.2 Å². The zero-order chi connectivity index (χ0) is 12.4. The average Bonchev–Trinajstić information content (AvgIpc) is 2.63. The van der Waals surface area contributed by atoms with Crippen LogP contribution >= 0.6 is 11.3 Å². The summed E-state index contributed by atoms with van der Waals surface area (Å²) >= 11 is 1.57. The zero-order valence-corrected chi connectivity index (χ0v) is 10.5. The highest BCUT2D eigenvalue weighted by molar-refractivity contribution is 7.10. The van der Waals surface area contributed by atoms with Crippen LogP contribution in [-0.4, -0.2) is 11.0 Å². The van der Waals surface area contributed by atoms with Crippen LogP contribution in [0.5, 0.6) is 5.75 Å². The molecule has 0 bridgehead atoms. The molecule has 17 heavy (non-hydrogen) atoms. The van der Waals surface area contributed by atoms with Gasteiger partial charge in [-0.2, -0.15) is 0 Å². The lowest BCUT2D eigenvalue weighted by molar-refractivity contribution is 0.102. The molecule has 4 heteroatoms. The molecule has 0 fully saturated rings. The minimum absolute atomic E-state index is 0.113. The number of hydrogen-bond acceptors (Lipinski definition) is 3. The maximum atomic E-state index is 12.0. The van der Waals surface area contributed by atoms with Gasteiger partial charge < -0.3 is 10.4 Å². The number of nitrogens with one attached hydrogen (secondary N) is 1. The number of aromatic hydroxyl groups is 1. The lowest BCUT2D eigenvalue weighted by Gasteiger charge is -2.05. The Kier molecular flexibility index (Phi) is 3.15. The third-order valence-electron chi connectivity index (χ3n) is 2.66. The van der Waals surface area contributed by atoms with Crippen LogP contribution in [0, 0.1) is 13.8 Å². The molecule has 0 saturated carbocycles. The summed E-state index contributed by atoms with van der Waals surface area (Å²) in [7, 11) is 0. The molecule has 1 aromatic heterocycles. The predicted molar refractivity (Wildman–Crippen MR) is 69.9 cm³/mol. The largest absolute Gasteiger partial charge is 0.508 e. The summed E-state index contributed by atoms with van der Waals surface area (Å²) in [4.78, 5) is 13.1. The first-order chi connectivity index (χ1) is 8.08. The molecule has 2 rings (SSSR count). The summed E-state index contributed by atoms with van der Waals surface area (Å²) in [6.45, 7) is 3.94. The maximum absolute atomic E-state index is 12.0. The number of rotatable bonds is 2. The van der Waals surface area contributed by atoms with Gasteiger partial charge in [-0.15, -0.1) is 11.3 Å². The van der Waals surface area contributed by atoms with Crippen molar-refractivity contribution < 1.29 is 9.90 Å². The van der Waals surface area contributed by atoms with E-state index in [9.17, 15) is 4.79 Å². The standard InChI is InChI=1S/C13H13NO2S/c1-8-9(2)17-7-12(8)13(16)14-10-3-5-11(15)6-4-10/h3-7,15H,1-2H3,(H,14,16). The summed E-state index contributed by atoms with van der Waals surface area (Å²) in [6.07, 6.45) is 0. The molecular formula is C13H13NO2S. The van der Waals surface area contributed by atoms with Crippen molar-refractivity contribution in [3.05, 3.63) is 45.6 Å². The highest BCUT2D eigenvalue weighted by Crippen LogP contribution is 2.22. The first-order valence-electron chi connectivity index (χ1n) is 5.23. The Morgan fingerprint density at radius 2 is 1.88 bits per heavy atom. The van der Waals surface area contributed by atoms with Crippen LogP contribution in [0.2, 0.25) is 0 Å². The molecule has 0 aliphatic heterocycles. The number of benzene rings is 1. The van der Waals surface area contributed by atoms with Crippen LogP contribution in [0.3, 0.4) is 0 Å². The van der Waals surface area contributed by atoms with Gasteiger partial charge in [-0.05, 0) is 43.7 Å². The molecule has 1 aromatic carbocycles. The number of aryl methyl sites for hydroxylation is 1. The van der Waals surface area contributed by atoms with E-state index in [1.54, 1.807) is 35.6 Å². The molecule has 2 aromatic rings. The lowest BCUT2D eigenvalue weighted by Crippen LogP contribution is -2.12. The Morgan fingerprint density at radius 3 is 2.41 bits per heavy atom. The molecule has 1 heterocycles. The second kappa shape index (κ2) is 4.59. The van der Waals surface area contributed by atoms with Crippen LogP contribution in [0.4, 0.5) is 5.69 Å². The smallest absolute Gasteiger partial charge is 0.256 e. The van der Waals surface area contributed by atoms with Crippen molar-refractivity contribution in [1.29, 1.82) is 0 Å². The molecule has 3 nitrogen and oxygen atoms in total. The van der Waals surface area contributed by atoms with E-state index in [-0.39, 0.29) is 11.7 Å². The Bertz CT molecular complexity index is 543. The number of phenolic OH excluding ortho intramolecular Hbond substituents is 1. The second-order valence-corrected chi connectivity index (χ2v) is 4.92. The second-order valence-electron chi connectivity index (χ2n) is 3.83. The van der Waals surface area contributed by atoms with Crippen molar-refractivity contribution in [2.24, 2.45) is 0 Å². The summed E-state index contributed by atoms with van der Waals surface area (Å²) < 4.78 is 0. The van der Waals surface area contributed by atoms with Gasteiger partial charge in [0.15, 0.2) is 0 Å². The van der Waals surface area contributed by atoms with Gasteiger partial charge >= 0.3 is 0 Å². The first kappa shape index (κ1) is 11.7. The van der Waals surface area contributed by atoms with Crippen molar-refractivity contribution in [2.45, 2.75) is 13.8 Å². The first-order valence-corrected chi connectivity index (χ1v) is 6.11. The molecule has 0 unspecified atom stereocenters. The van der Waals surface area contributed by atoms with E-state index in [2.05, 4.69) is 5.32 Å². The van der Waals surface area contributed by atoms with Crippen LogP contribution in [0.15, 0.2) is 29.6 Å². The Hall–Kier alpha value is -1.81. The summed E-state index contributed by atoms with van der Waals surface area (Å²) in [6, 6.07) is 6.42. The van der Waals surface area contributed by atoms with E-state index in [0.717, 1.165) is 10.4 Å². The Labute approximate surface area is 104 Å². The number of carbonyl (C=O) groups is 1. The molecule has 0 atom stereocenters. The predicted octanol–water partition coefficient (Wildman–Crippen LogP) is 3.32. The van der Waals surface area contributed by atoms with Crippen molar-refractivity contribution in [3.63, 3.8) is 0 Å². The minimum atomic E-state index is -0.113. The fourth-order valence-electron chi connectivity index (χ4n) is 1.48. The van der Waals surface area contributed by atoms with Gasteiger partial charge in [-0.25, -0.2) is 0 Å². The average molecular weight is 247 g/mol. The molecule has 0 spiro atoms. The van der Waals surface area contributed by atoms with Gasteiger partial charge in [0.2, 0.25) is 0 Å². The third-order valence-corrected chi connectivity index (χ3v) is 3.67. The maximum Gasteiger partial charge on any atom is 0.256 e. The molecule has 1 amide bonds. The minimum Gasteiger partial charge on any atom is -0.508 e. The van der Waals surface area contributed by atoms with Crippen LogP contribution < -0.4 is 5.32 Å². The lowest BCUT2D eigenvalue weighted by atomic mass is 10.1. The fraction of sp³-hybridized carbons (Fsp3) is 0.154. The van der Waals surface area contributed by atoms with Crippen LogP contribution in [-0.2, 0) is 0 Å². The monoisotopic (exact) mass is 247 g/mol. The Morgan fingerprint density at radius 1 is 1.24 bits per heavy atom. The molecule has 0 saturated heterocycles. The van der Waals surface area contributed by atoms with E-state index in [4.69, 9.17) is 5.11 Å². The quantitative estimate of drug-likeness (QED) is 0.800. The highest BCUT2D eigenvalue weighted by Gasteiger charge is 2.12. The number of anilines is 1. The highest BCUT2D eigenvalue weighted by atomic mass is 32.1. The summed E-state index contributed by atoms with van der Waals surface area (Å²) in [5.41, 5.74) is 2.41. The SMILES string of the molecule is Cc1scc(C(=O)Nc2ccc(O)cc2)c1C. The number of hydrogen-bond donors (Lipinski definition) is 2. The van der Waals surface area contributed by atoms with E-state index in [0.29, 0.717) is 11.3 Å². The molecule has 0 radical (unpaired) electrons. The van der Waals surface area contributed by atoms with Crippen molar-refractivity contribution in [3.8, 4) is 5.75 Å². The molecule has 0 aliphatic rings. The number of amides is 1. The fourth-order valence-corrected chi connectivity index (χ4v) is 2.35. The van der Waals surface area contributed by atoms with Crippen LogP contribution in [0.25, 0.3) is 0 Å². The molecule has 0 aliphatic carbocycles. The van der Waals surface area contributed by atoms with Gasteiger partial charge in [0, 0.05) is 15.9 Å². The van der Waals surface area contributed by atoms with Gasteiger partial charge in [0.1, 0.15) is 5.75 Å². The van der Waals surface area contributed by atoms with E-state index >= 15 is 0 Å². The van der Waals surface area contributed by atoms with Gasteiger partial charge in [-0.3, -0.25) is 4.79 Å². The number of thiophene rings is 1. The Balaban J connectivity index is 2.17. The topological polar surface area (TPSA) is 49.3 Å². The van der Waals surface area contributed by atoms with Gasteiger partial charge in [0.05, 0.1) is 5.56 Å². The summed E-state index contributed by atoms with van der Waals surface area (Å²) in [5.74, 6) is 0.0723. The van der Waals surface area contributed by atoms with E-state index < -0.39 is 0 Å². The van der Waals surface area contributed by atoms with Gasteiger partial charge in [0.25, 0.3) is 5.91 Å².